The smallest absolute Gasteiger partial charge is 0.319 e. The van der Waals surface area contributed by atoms with Crippen molar-refractivity contribution in [2.45, 2.75) is 45.6 Å². The van der Waals surface area contributed by atoms with Crippen LogP contribution in [0, 0.1) is 5.92 Å². The maximum absolute atomic E-state index is 12.6. The van der Waals surface area contributed by atoms with Crippen molar-refractivity contribution in [1.82, 2.24) is 5.01 Å². The van der Waals surface area contributed by atoms with Gasteiger partial charge in [-0.1, -0.05) is 30.3 Å². The summed E-state index contributed by atoms with van der Waals surface area (Å²) in [5.41, 5.74) is 0.0836. The first-order valence-corrected chi connectivity index (χ1v) is 8.15. The summed E-state index contributed by atoms with van der Waals surface area (Å²) in [6.45, 7) is 5.23. The van der Waals surface area contributed by atoms with Crippen molar-refractivity contribution in [3.05, 3.63) is 35.9 Å². The van der Waals surface area contributed by atoms with E-state index < -0.39 is 29.4 Å². The van der Waals surface area contributed by atoms with E-state index in [9.17, 15) is 14.4 Å². The molecule has 0 heterocycles. The number of aliphatic carboxylic acids is 1. The van der Waals surface area contributed by atoms with E-state index >= 15 is 0 Å². The lowest BCUT2D eigenvalue weighted by molar-refractivity contribution is -0.165. The fraction of sp³-hybridized carbons (Fsp3) is 0.500. The molecular formula is C18H26N2O5. The molecule has 0 aliphatic heterocycles. The van der Waals surface area contributed by atoms with Gasteiger partial charge in [-0.3, -0.25) is 19.4 Å². The highest BCUT2D eigenvalue weighted by molar-refractivity contribution is 5.98. The lowest BCUT2D eigenvalue weighted by Gasteiger charge is -2.26. The number of nitrogens with zero attached hydrogens (tertiary/aromatic N) is 1. The molecule has 1 aromatic rings. The highest BCUT2D eigenvalue weighted by Gasteiger charge is 2.33. The van der Waals surface area contributed by atoms with Crippen molar-refractivity contribution in [2.75, 3.05) is 6.54 Å². The molecule has 1 atom stereocenters. The van der Waals surface area contributed by atoms with Crippen molar-refractivity contribution in [1.29, 1.82) is 0 Å². The number of benzene rings is 1. The van der Waals surface area contributed by atoms with Crippen LogP contribution in [0.1, 0.15) is 39.2 Å². The standard InChI is InChI=1S/C18H26N2O5/c1-18(2,3)25-17(24)14(12-13-8-5-4-6-9-13)16(23)20(19)11-7-10-15(21)22/h4-6,8-9,14H,7,10-12,19H2,1-3H3,(H,21,22)/t14-/m1/s1. The van der Waals surface area contributed by atoms with Crippen molar-refractivity contribution in [2.24, 2.45) is 11.8 Å². The first kappa shape index (κ1) is 20.6. The predicted molar refractivity (Wildman–Crippen MR) is 92.3 cm³/mol. The Kier molecular flexibility index (Phi) is 7.57. The minimum absolute atomic E-state index is 0.0548. The summed E-state index contributed by atoms with van der Waals surface area (Å²) in [6.07, 6.45) is 0.280. The summed E-state index contributed by atoms with van der Waals surface area (Å²) in [6, 6.07) is 9.11. The molecule has 0 aliphatic carbocycles. The monoisotopic (exact) mass is 350 g/mol. The van der Waals surface area contributed by atoms with Gasteiger partial charge in [0.25, 0.3) is 5.91 Å². The van der Waals surface area contributed by atoms with Crippen LogP contribution < -0.4 is 5.84 Å². The average Bonchev–Trinajstić information content (AvgIpc) is 2.50. The Hall–Kier alpha value is -2.41. The number of carboxylic acids is 1. The van der Waals surface area contributed by atoms with Crippen LogP contribution in [0.5, 0.6) is 0 Å². The number of carbonyl (C=O) groups is 3. The largest absolute Gasteiger partial charge is 0.481 e. The molecule has 0 fully saturated rings. The van der Waals surface area contributed by atoms with Gasteiger partial charge >= 0.3 is 11.9 Å². The Bertz CT molecular complexity index is 595. The molecule has 1 aromatic carbocycles. The highest BCUT2D eigenvalue weighted by atomic mass is 16.6. The second-order valence-corrected chi connectivity index (χ2v) is 6.80. The van der Waals surface area contributed by atoms with Crippen molar-refractivity contribution >= 4 is 17.8 Å². The Morgan fingerprint density at radius 1 is 1.20 bits per heavy atom. The van der Waals surface area contributed by atoms with Gasteiger partial charge < -0.3 is 9.84 Å². The predicted octanol–water partition coefficient (Wildman–Crippen LogP) is 1.75. The fourth-order valence-corrected chi connectivity index (χ4v) is 2.21. The third-order valence-electron chi connectivity index (χ3n) is 3.34. The van der Waals surface area contributed by atoms with Crippen molar-refractivity contribution < 1.29 is 24.2 Å². The van der Waals surface area contributed by atoms with E-state index in [-0.39, 0.29) is 25.8 Å². The summed E-state index contributed by atoms with van der Waals surface area (Å²) < 4.78 is 5.35. The van der Waals surface area contributed by atoms with Crippen LogP contribution in [0.25, 0.3) is 0 Å². The number of carboxylic acid groups (broad SMARTS) is 1. The molecule has 7 heteroatoms. The number of ether oxygens (including phenoxy) is 1. The Balaban J connectivity index is 2.86. The molecule has 25 heavy (non-hydrogen) atoms. The van der Waals surface area contributed by atoms with Gasteiger partial charge in [0.05, 0.1) is 0 Å². The molecule has 1 rings (SSSR count). The summed E-state index contributed by atoms with van der Waals surface area (Å²) in [5.74, 6) is 2.48. The van der Waals surface area contributed by atoms with Crippen LogP contribution in [0.3, 0.4) is 0 Å². The Morgan fingerprint density at radius 2 is 1.80 bits per heavy atom. The summed E-state index contributed by atoms with van der Waals surface area (Å²) in [4.78, 5) is 35.6. The van der Waals surface area contributed by atoms with E-state index in [0.717, 1.165) is 10.6 Å². The maximum atomic E-state index is 12.6. The molecule has 138 valence electrons. The number of amides is 1. The summed E-state index contributed by atoms with van der Waals surface area (Å²) in [7, 11) is 0. The molecule has 3 N–H and O–H groups in total. The Labute approximate surface area is 147 Å². The van der Waals surface area contributed by atoms with Gasteiger partial charge in [-0.05, 0) is 39.2 Å². The summed E-state index contributed by atoms with van der Waals surface area (Å²) >= 11 is 0. The topological polar surface area (TPSA) is 110 Å². The zero-order valence-corrected chi connectivity index (χ0v) is 14.9. The minimum Gasteiger partial charge on any atom is -0.481 e. The molecule has 0 radical (unpaired) electrons. The van der Waals surface area contributed by atoms with Crippen molar-refractivity contribution in [3.63, 3.8) is 0 Å². The molecular weight excluding hydrogens is 324 g/mol. The van der Waals surface area contributed by atoms with Crippen LogP contribution in [0.2, 0.25) is 0 Å². The van der Waals surface area contributed by atoms with Crippen LogP contribution in [0.15, 0.2) is 30.3 Å². The number of rotatable bonds is 8. The number of esters is 1. The van der Waals surface area contributed by atoms with E-state index in [0.29, 0.717) is 0 Å². The van der Waals surface area contributed by atoms with Crippen LogP contribution in [0.4, 0.5) is 0 Å². The number of hydrogen-bond donors (Lipinski definition) is 2. The maximum Gasteiger partial charge on any atom is 0.319 e. The zero-order chi connectivity index (χ0) is 19.0. The normalized spacial score (nSPS) is 12.3. The van der Waals surface area contributed by atoms with Gasteiger partial charge in [-0.15, -0.1) is 0 Å². The van der Waals surface area contributed by atoms with Gasteiger partial charge in [0.2, 0.25) is 0 Å². The van der Waals surface area contributed by atoms with Crippen LogP contribution in [-0.4, -0.2) is 40.1 Å². The molecule has 0 unspecified atom stereocenters. The second-order valence-electron chi connectivity index (χ2n) is 6.80. The van der Waals surface area contributed by atoms with Gasteiger partial charge in [0.1, 0.15) is 11.5 Å². The van der Waals surface area contributed by atoms with Crippen LogP contribution >= 0.6 is 0 Å². The molecule has 1 amide bonds. The molecule has 0 aromatic heterocycles. The summed E-state index contributed by atoms with van der Waals surface area (Å²) in [5, 5.41) is 9.57. The van der Waals surface area contributed by atoms with E-state index in [1.807, 2.05) is 30.3 Å². The van der Waals surface area contributed by atoms with Gasteiger partial charge in [0, 0.05) is 13.0 Å². The van der Waals surface area contributed by atoms with Gasteiger partial charge in [0.15, 0.2) is 0 Å². The number of hydrazine groups is 1. The third kappa shape index (κ3) is 7.80. The number of hydrogen-bond acceptors (Lipinski definition) is 5. The van der Waals surface area contributed by atoms with Gasteiger partial charge in [-0.2, -0.15) is 0 Å². The highest BCUT2D eigenvalue weighted by Crippen LogP contribution is 2.17. The van der Waals surface area contributed by atoms with E-state index in [4.69, 9.17) is 15.7 Å². The first-order chi connectivity index (χ1) is 11.6. The molecule has 0 saturated carbocycles. The van der Waals surface area contributed by atoms with E-state index in [2.05, 4.69) is 0 Å². The lowest BCUT2D eigenvalue weighted by Crippen LogP contribution is -2.46. The number of nitrogens with two attached hydrogens (primary N) is 1. The quantitative estimate of drug-likeness (QED) is 0.243. The molecule has 0 spiro atoms. The van der Waals surface area contributed by atoms with E-state index in [1.54, 1.807) is 20.8 Å². The van der Waals surface area contributed by atoms with E-state index in [1.165, 1.54) is 0 Å². The second kappa shape index (κ2) is 9.17. The minimum atomic E-state index is -1.07. The molecule has 0 aliphatic rings. The third-order valence-corrected chi connectivity index (χ3v) is 3.34. The number of carbonyl (C=O) groups excluding carboxylic acids is 2. The van der Waals surface area contributed by atoms with Crippen LogP contribution in [-0.2, 0) is 25.5 Å². The zero-order valence-electron chi connectivity index (χ0n) is 14.9. The SMILES string of the molecule is CC(C)(C)OC(=O)[C@H](Cc1ccccc1)C(=O)N(N)CCCC(=O)O. The average molecular weight is 350 g/mol. The van der Waals surface area contributed by atoms with Crippen molar-refractivity contribution in [3.8, 4) is 0 Å². The lowest BCUT2D eigenvalue weighted by atomic mass is 9.97. The Morgan fingerprint density at radius 3 is 2.32 bits per heavy atom. The molecule has 0 bridgehead atoms. The molecule has 7 nitrogen and oxygen atoms in total. The van der Waals surface area contributed by atoms with Gasteiger partial charge in [-0.25, -0.2) is 5.84 Å². The molecule has 0 saturated heterocycles. The first-order valence-electron chi connectivity index (χ1n) is 8.15. The fourth-order valence-electron chi connectivity index (χ4n) is 2.21.